The largest absolute Gasteiger partial charge is 0.394 e. The number of allylic oxidation sites excluding steroid dienone is 1. The molecule has 3 nitrogen and oxygen atoms in total. The Morgan fingerprint density at radius 3 is 2.53 bits per heavy atom. The molecule has 0 spiro atoms. The van der Waals surface area contributed by atoms with Gasteiger partial charge in [0, 0.05) is 5.54 Å². The van der Waals surface area contributed by atoms with Gasteiger partial charge in [-0.15, -0.1) is 6.58 Å². The lowest BCUT2D eigenvalue weighted by Gasteiger charge is -2.33. The Hall–Kier alpha value is -1.16. The topological polar surface area (TPSA) is 52.5 Å². The van der Waals surface area contributed by atoms with Crippen LogP contribution in [0.4, 0.5) is 0 Å². The number of aliphatic hydroxyl groups is 2. The minimum Gasteiger partial charge on any atom is -0.394 e. The molecule has 0 aliphatic heterocycles. The molecule has 0 saturated heterocycles. The van der Waals surface area contributed by atoms with E-state index in [9.17, 15) is 10.2 Å². The molecule has 0 aliphatic rings. The maximum absolute atomic E-state index is 9.61. The zero-order valence-electron chi connectivity index (χ0n) is 11.7. The third kappa shape index (κ3) is 5.15. The summed E-state index contributed by atoms with van der Waals surface area (Å²) in [6, 6.07) is 9.67. The molecule has 0 heterocycles. The first-order chi connectivity index (χ1) is 9.15. The molecule has 3 heteroatoms. The van der Waals surface area contributed by atoms with Gasteiger partial charge < -0.3 is 15.5 Å². The molecule has 0 bridgehead atoms. The molecule has 0 fully saturated rings. The highest BCUT2D eigenvalue weighted by Crippen LogP contribution is 2.20. The zero-order valence-corrected chi connectivity index (χ0v) is 11.7. The van der Waals surface area contributed by atoms with Gasteiger partial charge in [-0.3, -0.25) is 0 Å². The van der Waals surface area contributed by atoms with Gasteiger partial charge in [0.2, 0.25) is 0 Å². The second-order valence-corrected chi connectivity index (χ2v) is 5.19. The van der Waals surface area contributed by atoms with Gasteiger partial charge in [-0.1, -0.05) is 36.4 Å². The number of aliphatic hydroxyl groups excluding tert-OH is 2. The summed E-state index contributed by atoms with van der Waals surface area (Å²) in [5.74, 6) is 0. The van der Waals surface area contributed by atoms with Crippen molar-refractivity contribution in [1.29, 1.82) is 0 Å². The van der Waals surface area contributed by atoms with Crippen LogP contribution in [0.2, 0.25) is 0 Å². The van der Waals surface area contributed by atoms with Crippen LogP contribution in [-0.4, -0.2) is 29.0 Å². The van der Waals surface area contributed by atoms with Crippen LogP contribution in [-0.2, 0) is 0 Å². The van der Waals surface area contributed by atoms with Crippen LogP contribution in [0.15, 0.2) is 43.0 Å². The van der Waals surface area contributed by atoms with Crippen molar-refractivity contribution in [2.75, 3.05) is 13.2 Å². The van der Waals surface area contributed by atoms with Gasteiger partial charge in [-0.05, 0) is 31.7 Å². The Bertz CT molecular complexity index is 366. The standard InChI is InChI=1S/C16H25NO2/c1-3-4-8-11-16(2,13-19)17-15(12-18)14-9-6-5-7-10-14/h3,5-7,9-10,15,17-19H,1,4,8,11-13H2,2H3/t15-,16+/m0/s1. The second kappa shape index (κ2) is 8.10. The average Bonchev–Trinajstić information content (AvgIpc) is 2.46. The van der Waals surface area contributed by atoms with Crippen molar-refractivity contribution in [3.63, 3.8) is 0 Å². The molecule has 1 aromatic rings. The molecule has 3 N–H and O–H groups in total. The van der Waals surface area contributed by atoms with Crippen LogP contribution < -0.4 is 5.32 Å². The highest BCUT2D eigenvalue weighted by Gasteiger charge is 2.26. The van der Waals surface area contributed by atoms with Gasteiger partial charge >= 0.3 is 0 Å². The molecule has 19 heavy (non-hydrogen) atoms. The van der Waals surface area contributed by atoms with E-state index in [1.165, 1.54) is 0 Å². The highest BCUT2D eigenvalue weighted by atomic mass is 16.3. The zero-order chi connectivity index (χ0) is 14.1. The first-order valence-corrected chi connectivity index (χ1v) is 6.80. The lowest BCUT2D eigenvalue weighted by Crippen LogP contribution is -2.48. The van der Waals surface area contributed by atoms with Crippen LogP contribution in [0.3, 0.4) is 0 Å². The minimum absolute atomic E-state index is 0.0149. The molecule has 0 radical (unpaired) electrons. The summed E-state index contributed by atoms with van der Waals surface area (Å²) >= 11 is 0. The van der Waals surface area contributed by atoms with Gasteiger partial charge in [0.05, 0.1) is 19.3 Å². The summed E-state index contributed by atoms with van der Waals surface area (Å²) in [5.41, 5.74) is 0.653. The van der Waals surface area contributed by atoms with Crippen LogP contribution in [0.25, 0.3) is 0 Å². The maximum Gasteiger partial charge on any atom is 0.0626 e. The van der Waals surface area contributed by atoms with Crippen LogP contribution >= 0.6 is 0 Å². The van der Waals surface area contributed by atoms with Crippen LogP contribution in [0.5, 0.6) is 0 Å². The highest BCUT2D eigenvalue weighted by molar-refractivity contribution is 5.19. The van der Waals surface area contributed by atoms with Crippen molar-refractivity contribution in [1.82, 2.24) is 5.32 Å². The molecule has 0 saturated carbocycles. The van der Waals surface area contributed by atoms with Gasteiger partial charge in [0.25, 0.3) is 0 Å². The third-order valence-corrected chi connectivity index (χ3v) is 3.39. The van der Waals surface area contributed by atoms with E-state index in [-0.39, 0.29) is 24.8 Å². The van der Waals surface area contributed by atoms with Crippen molar-refractivity contribution >= 4 is 0 Å². The van der Waals surface area contributed by atoms with Gasteiger partial charge in [0.15, 0.2) is 0 Å². The molecular weight excluding hydrogens is 238 g/mol. The number of nitrogens with one attached hydrogen (secondary N) is 1. The van der Waals surface area contributed by atoms with Crippen molar-refractivity contribution in [3.05, 3.63) is 48.6 Å². The molecule has 0 aliphatic carbocycles. The average molecular weight is 263 g/mol. The van der Waals surface area contributed by atoms with Gasteiger partial charge in [-0.25, -0.2) is 0 Å². The number of benzene rings is 1. The van der Waals surface area contributed by atoms with E-state index < -0.39 is 0 Å². The van der Waals surface area contributed by atoms with E-state index in [1.54, 1.807) is 0 Å². The van der Waals surface area contributed by atoms with Crippen LogP contribution in [0, 0.1) is 0 Å². The summed E-state index contributed by atoms with van der Waals surface area (Å²) < 4.78 is 0. The second-order valence-electron chi connectivity index (χ2n) is 5.19. The Morgan fingerprint density at radius 1 is 1.32 bits per heavy atom. The molecular formula is C16H25NO2. The van der Waals surface area contributed by atoms with E-state index in [4.69, 9.17) is 0 Å². The Kier molecular flexibility index (Phi) is 6.78. The maximum atomic E-state index is 9.61. The van der Waals surface area contributed by atoms with E-state index >= 15 is 0 Å². The molecule has 0 unspecified atom stereocenters. The minimum atomic E-state index is -0.383. The van der Waals surface area contributed by atoms with Crippen molar-refractivity contribution in [3.8, 4) is 0 Å². The lowest BCUT2D eigenvalue weighted by molar-refractivity contribution is 0.130. The number of unbranched alkanes of at least 4 members (excludes halogenated alkanes) is 1. The Labute approximate surface area is 116 Å². The number of hydrogen-bond acceptors (Lipinski definition) is 3. The molecule has 0 aromatic heterocycles. The monoisotopic (exact) mass is 263 g/mol. The van der Waals surface area contributed by atoms with Crippen molar-refractivity contribution in [2.45, 2.75) is 37.8 Å². The van der Waals surface area contributed by atoms with E-state index in [0.717, 1.165) is 24.8 Å². The molecule has 1 aromatic carbocycles. The van der Waals surface area contributed by atoms with Crippen LogP contribution in [0.1, 0.15) is 37.8 Å². The van der Waals surface area contributed by atoms with Crippen molar-refractivity contribution in [2.24, 2.45) is 0 Å². The Balaban J connectivity index is 2.68. The third-order valence-electron chi connectivity index (χ3n) is 3.39. The summed E-state index contributed by atoms with van der Waals surface area (Å²) in [6.07, 6.45) is 4.64. The molecule has 2 atom stereocenters. The van der Waals surface area contributed by atoms with Gasteiger partial charge in [-0.2, -0.15) is 0 Å². The van der Waals surface area contributed by atoms with E-state index in [0.29, 0.717) is 0 Å². The smallest absolute Gasteiger partial charge is 0.0626 e. The summed E-state index contributed by atoms with van der Waals surface area (Å²) in [7, 11) is 0. The molecule has 0 amide bonds. The summed E-state index contributed by atoms with van der Waals surface area (Å²) in [6.45, 7) is 5.76. The normalized spacial score (nSPS) is 15.7. The summed E-state index contributed by atoms with van der Waals surface area (Å²) in [5, 5.41) is 22.5. The molecule has 1 rings (SSSR count). The SMILES string of the molecule is C=CCCC[C@](C)(CO)N[C@@H](CO)c1ccccc1. The van der Waals surface area contributed by atoms with Gasteiger partial charge in [0.1, 0.15) is 0 Å². The lowest BCUT2D eigenvalue weighted by atomic mass is 9.93. The molecule has 106 valence electrons. The first kappa shape index (κ1) is 15.9. The van der Waals surface area contributed by atoms with E-state index in [1.807, 2.05) is 43.3 Å². The number of hydrogen-bond donors (Lipinski definition) is 3. The quantitative estimate of drug-likeness (QED) is 0.474. The fraction of sp³-hybridized carbons (Fsp3) is 0.500. The fourth-order valence-electron chi connectivity index (χ4n) is 2.17. The first-order valence-electron chi connectivity index (χ1n) is 6.80. The predicted molar refractivity (Wildman–Crippen MR) is 78.9 cm³/mol. The fourth-order valence-corrected chi connectivity index (χ4v) is 2.17. The van der Waals surface area contributed by atoms with Crippen molar-refractivity contribution < 1.29 is 10.2 Å². The number of rotatable bonds is 9. The summed E-state index contributed by atoms with van der Waals surface area (Å²) in [4.78, 5) is 0. The predicted octanol–water partition coefficient (Wildman–Crippen LogP) is 2.42. The van der Waals surface area contributed by atoms with E-state index in [2.05, 4.69) is 11.9 Å². The Morgan fingerprint density at radius 2 is 2.00 bits per heavy atom.